The summed E-state index contributed by atoms with van der Waals surface area (Å²) >= 11 is 5.92. The van der Waals surface area contributed by atoms with E-state index >= 15 is 0 Å². The van der Waals surface area contributed by atoms with Crippen molar-refractivity contribution < 1.29 is 14.7 Å². The Hall–Kier alpha value is -1.83. The summed E-state index contributed by atoms with van der Waals surface area (Å²) in [6, 6.07) is 4.81. The lowest BCUT2D eigenvalue weighted by Crippen LogP contribution is -2.40. The van der Waals surface area contributed by atoms with Crippen LogP contribution in [0.1, 0.15) is 24.8 Å². The Bertz CT molecular complexity index is 570. The molecule has 2 rings (SSSR count). The quantitative estimate of drug-likeness (QED) is 0.628. The maximum Gasteiger partial charge on any atom is 0.233 e. The molecule has 0 spiro atoms. The number of imide groups is 1. The number of carbonyl (C=O) groups is 2. The highest BCUT2D eigenvalue weighted by Gasteiger charge is 2.28. The minimum Gasteiger partial charge on any atom is -0.384 e. The number of nitrogens with zero attached hydrogens (tertiary/aromatic N) is 1. The summed E-state index contributed by atoms with van der Waals surface area (Å²) in [6.07, 6.45) is 1.25. The van der Waals surface area contributed by atoms with Crippen molar-refractivity contribution in [2.24, 2.45) is 0 Å². The Morgan fingerprint density at radius 1 is 1.26 bits per heavy atom. The summed E-state index contributed by atoms with van der Waals surface area (Å²) < 4.78 is 0. The molecule has 0 bridgehead atoms. The van der Waals surface area contributed by atoms with E-state index in [1.165, 1.54) is 0 Å². The predicted octanol–water partition coefficient (Wildman–Crippen LogP) is 1.73. The molecule has 4 nitrogen and oxygen atoms in total. The number of benzene rings is 1. The van der Waals surface area contributed by atoms with Crippen LogP contribution in [0.25, 0.3) is 0 Å². The molecule has 1 aliphatic rings. The molecule has 1 aliphatic heterocycles. The van der Waals surface area contributed by atoms with Crippen LogP contribution in [0.15, 0.2) is 18.2 Å². The van der Waals surface area contributed by atoms with Gasteiger partial charge < -0.3 is 5.11 Å². The van der Waals surface area contributed by atoms with Crippen LogP contribution in [0.3, 0.4) is 0 Å². The van der Waals surface area contributed by atoms with Gasteiger partial charge in [-0.1, -0.05) is 23.4 Å². The minimum atomic E-state index is -0.288. The van der Waals surface area contributed by atoms with Crippen molar-refractivity contribution >= 4 is 29.1 Å². The van der Waals surface area contributed by atoms with E-state index in [0.717, 1.165) is 4.90 Å². The molecule has 2 amide bonds. The van der Waals surface area contributed by atoms with Crippen molar-refractivity contribution in [1.82, 2.24) is 0 Å². The Morgan fingerprint density at radius 3 is 2.58 bits per heavy atom. The van der Waals surface area contributed by atoms with E-state index in [0.29, 0.717) is 35.5 Å². The molecular weight excluding hydrogens is 266 g/mol. The van der Waals surface area contributed by atoms with Gasteiger partial charge >= 0.3 is 0 Å². The average molecular weight is 278 g/mol. The molecule has 0 atom stereocenters. The number of hydrogen-bond donors (Lipinski definition) is 1. The molecule has 0 aromatic heterocycles. The lowest BCUT2D eigenvalue weighted by molar-refractivity contribution is -0.129. The largest absolute Gasteiger partial charge is 0.384 e. The zero-order valence-electron chi connectivity index (χ0n) is 10.1. The molecule has 19 heavy (non-hydrogen) atoms. The smallest absolute Gasteiger partial charge is 0.233 e. The van der Waals surface area contributed by atoms with Crippen LogP contribution in [-0.4, -0.2) is 23.5 Å². The van der Waals surface area contributed by atoms with Crippen LogP contribution >= 0.6 is 11.6 Å². The van der Waals surface area contributed by atoms with Gasteiger partial charge in [-0.2, -0.15) is 0 Å². The lowest BCUT2D eigenvalue weighted by atomic mass is 10.1. The SMILES string of the molecule is O=C1CCCC(=O)N1c1cc(Cl)ccc1C#CCO. The van der Waals surface area contributed by atoms with Gasteiger partial charge in [-0.25, -0.2) is 4.90 Å². The second-order valence-electron chi connectivity index (χ2n) is 4.10. The van der Waals surface area contributed by atoms with Crippen molar-refractivity contribution in [3.63, 3.8) is 0 Å². The highest BCUT2D eigenvalue weighted by atomic mass is 35.5. The zero-order valence-corrected chi connectivity index (χ0v) is 10.9. The number of carbonyl (C=O) groups excluding carboxylic acids is 2. The molecule has 98 valence electrons. The number of piperidine rings is 1. The maximum absolute atomic E-state index is 11.9. The second-order valence-corrected chi connectivity index (χ2v) is 4.53. The predicted molar refractivity (Wildman–Crippen MR) is 71.8 cm³/mol. The van der Waals surface area contributed by atoms with Crippen LogP contribution in [0.5, 0.6) is 0 Å². The van der Waals surface area contributed by atoms with Crippen LogP contribution in [0.2, 0.25) is 5.02 Å². The molecule has 0 aliphatic carbocycles. The third-order valence-electron chi connectivity index (χ3n) is 2.78. The lowest BCUT2D eigenvalue weighted by Gasteiger charge is -2.26. The Morgan fingerprint density at radius 2 is 1.95 bits per heavy atom. The van der Waals surface area contributed by atoms with Gasteiger partial charge in [-0.15, -0.1) is 0 Å². The van der Waals surface area contributed by atoms with E-state index in [9.17, 15) is 9.59 Å². The molecule has 0 radical (unpaired) electrons. The van der Waals surface area contributed by atoms with Gasteiger partial charge in [0.1, 0.15) is 6.61 Å². The van der Waals surface area contributed by atoms with Gasteiger partial charge in [0.25, 0.3) is 0 Å². The first kappa shape index (κ1) is 13.6. The van der Waals surface area contributed by atoms with E-state index in [-0.39, 0.29) is 18.4 Å². The zero-order chi connectivity index (χ0) is 13.8. The third kappa shape index (κ3) is 2.95. The number of halogens is 1. The fraction of sp³-hybridized carbons (Fsp3) is 0.286. The van der Waals surface area contributed by atoms with Gasteiger partial charge in [0, 0.05) is 23.4 Å². The molecule has 0 saturated carbocycles. The monoisotopic (exact) mass is 277 g/mol. The molecule has 1 N–H and O–H groups in total. The molecular formula is C14H12ClNO3. The number of rotatable bonds is 1. The number of hydrogen-bond acceptors (Lipinski definition) is 3. The van der Waals surface area contributed by atoms with Crippen LogP contribution in [0, 0.1) is 11.8 Å². The van der Waals surface area contributed by atoms with Crippen molar-refractivity contribution in [2.45, 2.75) is 19.3 Å². The average Bonchev–Trinajstić information content (AvgIpc) is 2.37. The Labute approximate surface area is 116 Å². The number of anilines is 1. The standard InChI is InChI=1S/C14H12ClNO3/c15-11-7-6-10(3-2-8-17)12(9-11)16-13(18)4-1-5-14(16)19/h6-7,9,17H,1,4-5,8H2. The number of aliphatic hydroxyl groups excluding tert-OH is 1. The fourth-order valence-corrected chi connectivity index (χ4v) is 2.12. The highest BCUT2D eigenvalue weighted by Crippen LogP contribution is 2.28. The summed E-state index contributed by atoms with van der Waals surface area (Å²) in [5, 5.41) is 9.17. The molecule has 1 fully saturated rings. The third-order valence-corrected chi connectivity index (χ3v) is 3.02. The summed E-state index contributed by atoms with van der Waals surface area (Å²) in [4.78, 5) is 24.9. The summed E-state index contributed by atoms with van der Waals surface area (Å²) in [6.45, 7) is -0.288. The van der Waals surface area contributed by atoms with Crippen LogP contribution in [0.4, 0.5) is 5.69 Å². The van der Waals surface area contributed by atoms with Gasteiger partial charge in [0.15, 0.2) is 0 Å². The first-order chi connectivity index (χ1) is 9.13. The molecule has 1 saturated heterocycles. The van der Waals surface area contributed by atoms with E-state index in [1.54, 1.807) is 18.2 Å². The minimum absolute atomic E-state index is 0.245. The van der Waals surface area contributed by atoms with Crippen molar-refractivity contribution in [2.75, 3.05) is 11.5 Å². The van der Waals surface area contributed by atoms with Gasteiger partial charge in [0.2, 0.25) is 11.8 Å². The van der Waals surface area contributed by atoms with Gasteiger partial charge in [-0.05, 0) is 24.6 Å². The van der Waals surface area contributed by atoms with Crippen molar-refractivity contribution in [1.29, 1.82) is 0 Å². The first-order valence-electron chi connectivity index (χ1n) is 5.88. The summed E-state index contributed by atoms with van der Waals surface area (Å²) in [5.41, 5.74) is 0.894. The van der Waals surface area contributed by atoms with E-state index < -0.39 is 0 Å². The molecule has 5 heteroatoms. The van der Waals surface area contributed by atoms with Crippen LogP contribution < -0.4 is 4.90 Å². The van der Waals surface area contributed by atoms with Crippen molar-refractivity contribution in [3.8, 4) is 11.8 Å². The summed E-state index contributed by atoms with van der Waals surface area (Å²) in [7, 11) is 0. The molecule has 1 aromatic rings. The maximum atomic E-state index is 11.9. The topological polar surface area (TPSA) is 57.6 Å². The van der Waals surface area contributed by atoms with Crippen LogP contribution in [-0.2, 0) is 9.59 Å². The van der Waals surface area contributed by atoms with E-state index in [2.05, 4.69) is 11.8 Å². The highest BCUT2D eigenvalue weighted by molar-refractivity contribution is 6.31. The second kappa shape index (κ2) is 5.87. The normalized spacial score (nSPS) is 15.2. The van der Waals surface area contributed by atoms with E-state index in [1.807, 2.05) is 0 Å². The fourth-order valence-electron chi connectivity index (χ4n) is 1.95. The molecule has 1 heterocycles. The number of amides is 2. The number of aliphatic hydroxyl groups is 1. The van der Waals surface area contributed by atoms with Gasteiger partial charge in [-0.3, -0.25) is 9.59 Å². The molecule has 1 aromatic carbocycles. The van der Waals surface area contributed by atoms with Crippen molar-refractivity contribution in [3.05, 3.63) is 28.8 Å². The first-order valence-corrected chi connectivity index (χ1v) is 6.26. The Kier molecular flexibility index (Phi) is 4.20. The van der Waals surface area contributed by atoms with E-state index in [4.69, 9.17) is 16.7 Å². The molecule has 0 unspecified atom stereocenters. The summed E-state index contributed by atoms with van der Waals surface area (Å²) in [5.74, 6) is 4.74. The van der Waals surface area contributed by atoms with Gasteiger partial charge in [0.05, 0.1) is 5.69 Å². The Balaban J connectivity index is 2.49.